The number of amidine groups is 1. The maximum absolute atomic E-state index is 12.3. The maximum atomic E-state index is 12.3. The van der Waals surface area contributed by atoms with Crippen LogP contribution in [0.3, 0.4) is 0 Å². The summed E-state index contributed by atoms with van der Waals surface area (Å²) < 4.78 is 0.0115. The van der Waals surface area contributed by atoms with Gasteiger partial charge >= 0.3 is 0 Å². The van der Waals surface area contributed by atoms with Gasteiger partial charge in [-0.1, -0.05) is 31.2 Å². The van der Waals surface area contributed by atoms with Crippen molar-refractivity contribution in [2.24, 2.45) is 10.7 Å². The summed E-state index contributed by atoms with van der Waals surface area (Å²) >= 11 is 1.78. The predicted molar refractivity (Wildman–Crippen MR) is 117 cm³/mol. The average Bonchev–Trinajstić information content (AvgIpc) is 2.83. The Bertz CT molecular complexity index is 946. The van der Waals surface area contributed by atoms with Crippen molar-refractivity contribution in [2.75, 3.05) is 6.54 Å². The second-order valence-electron chi connectivity index (χ2n) is 6.33. The lowest BCUT2D eigenvalue weighted by Gasteiger charge is -2.07. The van der Waals surface area contributed by atoms with Crippen molar-refractivity contribution in [3.05, 3.63) is 59.2 Å². The zero-order valence-corrected chi connectivity index (χ0v) is 17.1. The van der Waals surface area contributed by atoms with Crippen molar-refractivity contribution in [1.82, 2.24) is 5.32 Å². The highest BCUT2D eigenvalue weighted by molar-refractivity contribution is 14.1. The van der Waals surface area contributed by atoms with E-state index in [1.165, 1.54) is 0 Å². The minimum absolute atomic E-state index is 0.0115. The largest absolute Gasteiger partial charge is 0.387 e. The van der Waals surface area contributed by atoms with Gasteiger partial charge in [0.15, 0.2) is 0 Å². The van der Waals surface area contributed by atoms with Gasteiger partial charge in [-0.2, -0.15) is 0 Å². The van der Waals surface area contributed by atoms with E-state index < -0.39 is 0 Å². The number of nitrogens with two attached hydrogens (primary N) is 1. The van der Waals surface area contributed by atoms with Gasteiger partial charge in [-0.05, 0) is 41.8 Å². The lowest BCUT2D eigenvalue weighted by atomic mass is 10.00. The first-order chi connectivity index (χ1) is 13.0. The van der Waals surface area contributed by atoms with Gasteiger partial charge in [0.25, 0.3) is 0 Å². The van der Waals surface area contributed by atoms with Crippen LogP contribution >= 0.6 is 22.6 Å². The topological polar surface area (TPSA) is 84.5 Å². The molecule has 3 rings (SSSR count). The molecule has 1 heterocycles. The fourth-order valence-electron chi connectivity index (χ4n) is 2.86. The van der Waals surface area contributed by atoms with Crippen LogP contribution in [0.25, 0.3) is 17.2 Å². The third-order valence-corrected chi connectivity index (χ3v) is 4.89. The van der Waals surface area contributed by atoms with Gasteiger partial charge in [0.1, 0.15) is 5.84 Å². The summed E-state index contributed by atoms with van der Waals surface area (Å²) in [5.41, 5.74) is 10.9. The molecule has 0 bridgehead atoms. The molecule has 27 heavy (non-hydrogen) atoms. The summed E-state index contributed by atoms with van der Waals surface area (Å²) in [6.45, 7) is 2.64. The van der Waals surface area contributed by atoms with Crippen molar-refractivity contribution in [2.45, 2.75) is 19.8 Å². The molecule has 0 saturated heterocycles. The van der Waals surface area contributed by atoms with Crippen LogP contribution in [0.4, 0.5) is 5.69 Å². The lowest BCUT2D eigenvalue weighted by Crippen LogP contribution is -2.27. The molecule has 3 N–H and O–H groups in total. The SMILES string of the molecule is CCCNC(=O)C1=Cc2ccc(-c3ccc(C(=O)I)cc3)cc2N=C(N)C1. The van der Waals surface area contributed by atoms with Crippen LogP contribution in [0.2, 0.25) is 0 Å². The number of rotatable bonds is 5. The van der Waals surface area contributed by atoms with Crippen LogP contribution in [0.1, 0.15) is 35.7 Å². The molecule has 0 saturated carbocycles. The number of benzene rings is 2. The quantitative estimate of drug-likeness (QED) is 0.504. The van der Waals surface area contributed by atoms with Crippen molar-refractivity contribution in [1.29, 1.82) is 0 Å². The summed E-state index contributed by atoms with van der Waals surface area (Å²) in [6.07, 6.45) is 3.06. The summed E-state index contributed by atoms with van der Waals surface area (Å²) in [5, 5.41) is 2.89. The van der Waals surface area contributed by atoms with Gasteiger partial charge in [-0.15, -0.1) is 0 Å². The molecule has 1 aliphatic rings. The van der Waals surface area contributed by atoms with Crippen molar-refractivity contribution in [3.8, 4) is 11.1 Å². The summed E-state index contributed by atoms with van der Waals surface area (Å²) in [7, 11) is 0. The Hall–Kier alpha value is -2.48. The first kappa shape index (κ1) is 19.3. The van der Waals surface area contributed by atoms with Crippen LogP contribution in [0.15, 0.2) is 53.0 Å². The van der Waals surface area contributed by atoms with Gasteiger partial charge in [0.2, 0.25) is 9.70 Å². The van der Waals surface area contributed by atoms with Crippen LogP contribution < -0.4 is 11.1 Å². The molecule has 0 aromatic heterocycles. The van der Waals surface area contributed by atoms with Gasteiger partial charge in [0.05, 0.1) is 5.69 Å². The number of hydrogen-bond donors (Lipinski definition) is 2. The number of carbonyl (C=O) groups is 2. The summed E-state index contributed by atoms with van der Waals surface area (Å²) in [4.78, 5) is 28.2. The number of aliphatic imine (C=N–C) groups is 1. The second-order valence-corrected chi connectivity index (χ2v) is 7.31. The van der Waals surface area contributed by atoms with Crippen LogP contribution in [-0.4, -0.2) is 22.1 Å². The molecule has 0 aliphatic carbocycles. The van der Waals surface area contributed by atoms with E-state index in [1.807, 2.05) is 55.5 Å². The van der Waals surface area contributed by atoms with Gasteiger partial charge < -0.3 is 11.1 Å². The number of hydrogen-bond acceptors (Lipinski definition) is 4. The zero-order valence-electron chi connectivity index (χ0n) is 15.0. The first-order valence-electron chi connectivity index (χ1n) is 8.74. The monoisotopic (exact) mass is 473 g/mol. The number of carbonyl (C=O) groups excluding carboxylic acids is 2. The number of nitrogens with one attached hydrogen (secondary N) is 1. The van der Waals surface area contributed by atoms with E-state index in [-0.39, 0.29) is 9.70 Å². The lowest BCUT2D eigenvalue weighted by molar-refractivity contribution is -0.117. The first-order valence-corrected chi connectivity index (χ1v) is 9.82. The van der Waals surface area contributed by atoms with Crippen LogP contribution in [0.5, 0.6) is 0 Å². The maximum Gasteiger partial charge on any atom is 0.247 e. The molecule has 2 aromatic rings. The third kappa shape index (κ3) is 4.63. The normalized spacial score (nSPS) is 13.1. The van der Waals surface area contributed by atoms with Crippen LogP contribution in [0, 0.1) is 0 Å². The van der Waals surface area contributed by atoms with Gasteiger partial charge in [0, 0.05) is 52.3 Å². The van der Waals surface area contributed by atoms with Crippen molar-refractivity contribution < 1.29 is 9.59 Å². The van der Waals surface area contributed by atoms with Crippen molar-refractivity contribution >= 4 is 49.9 Å². The Labute approximate surface area is 171 Å². The van der Waals surface area contributed by atoms with E-state index in [4.69, 9.17) is 5.73 Å². The highest BCUT2D eigenvalue weighted by Gasteiger charge is 2.16. The molecule has 2 aromatic carbocycles. The molecule has 0 unspecified atom stereocenters. The van der Waals surface area contributed by atoms with Gasteiger partial charge in [-0.3, -0.25) is 9.59 Å². The Morgan fingerprint density at radius 3 is 2.52 bits per heavy atom. The van der Waals surface area contributed by atoms with E-state index in [0.717, 1.165) is 28.8 Å². The molecule has 1 amide bonds. The predicted octanol–water partition coefficient (Wildman–Crippen LogP) is 4.23. The number of fused-ring (bicyclic) bond motifs is 1. The molecular formula is C21H20IN3O2. The molecule has 0 radical (unpaired) electrons. The number of nitrogens with zero attached hydrogens (tertiary/aromatic N) is 1. The number of amides is 1. The third-order valence-electron chi connectivity index (χ3n) is 4.27. The minimum atomic E-state index is -0.106. The molecule has 138 valence electrons. The summed E-state index contributed by atoms with van der Waals surface area (Å²) in [5.74, 6) is 0.306. The number of halogens is 1. The highest BCUT2D eigenvalue weighted by Crippen LogP contribution is 2.31. The Morgan fingerprint density at radius 2 is 1.85 bits per heavy atom. The van der Waals surface area contributed by atoms with E-state index >= 15 is 0 Å². The smallest absolute Gasteiger partial charge is 0.247 e. The second kappa shape index (κ2) is 8.47. The van der Waals surface area contributed by atoms with Gasteiger partial charge in [-0.25, -0.2) is 4.99 Å². The Morgan fingerprint density at radius 1 is 1.15 bits per heavy atom. The average molecular weight is 473 g/mol. The highest BCUT2D eigenvalue weighted by atomic mass is 127. The van der Waals surface area contributed by atoms with E-state index in [0.29, 0.717) is 29.9 Å². The van der Waals surface area contributed by atoms with E-state index in [1.54, 1.807) is 22.6 Å². The molecule has 5 nitrogen and oxygen atoms in total. The molecule has 0 atom stereocenters. The standard InChI is InChI=1S/C21H20IN3O2/c1-2-9-24-21(27)17-10-16-8-7-15(11-18(16)25-19(23)12-17)13-3-5-14(6-4-13)20(22)26/h3-8,10-11H,2,9,12H2,1H3,(H2,23,25)(H,24,27). The summed E-state index contributed by atoms with van der Waals surface area (Å²) in [6, 6.07) is 13.3. The Balaban J connectivity index is 1.94. The zero-order chi connectivity index (χ0) is 19.4. The van der Waals surface area contributed by atoms with E-state index in [2.05, 4.69) is 10.3 Å². The fourth-order valence-corrected chi connectivity index (χ4v) is 3.22. The fraction of sp³-hybridized carbons (Fsp3) is 0.190. The molecule has 1 aliphatic heterocycles. The minimum Gasteiger partial charge on any atom is -0.387 e. The van der Waals surface area contributed by atoms with E-state index in [9.17, 15) is 9.59 Å². The molecular weight excluding hydrogens is 453 g/mol. The van der Waals surface area contributed by atoms with Crippen LogP contribution in [-0.2, 0) is 4.79 Å². The van der Waals surface area contributed by atoms with Crippen molar-refractivity contribution in [3.63, 3.8) is 0 Å². The molecule has 0 fully saturated rings. The molecule has 6 heteroatoms. The Kier molecular flexibility index (Phi) is 6.05. The molecule has 0 spiro atoms.